The van der Waals surface area contributed by atoms with Crippen LogP contribution in [-0.2, 0) is 0 Å². The van der Waals surface area contributed by atoms with E-state index in [0.29, 0.717) is 10.9 Å². The summed E-state index contributed by atoms with van der Waals surface area (Å²) in [6.45, 7) is 0. The molecule has 1 N–H and O–H groups in total. The Hall–Kier alpha value is -2.91. The molecule has 0 amide bonds. The van der Waals surface area contributed by atoms with Crippen molar-refractivity contribution in [2.24, 2.45) is 5.92 Å². The Morgan fingerprint density at radius 3 is 2.54 bits per heavy atom. The van der Waals surface area contributed by atoms with Crippen molar-refractivity contribution in [3.63, 3.8) is 0 Å². The molecule has 5 rings (SSSR count). The van der Waals surface area contributed by atoms with Crippen molar-refractivity contribution in [2.75, 3.05) is 0 Å². The van der Waals surface area contributed by atoms with E-state index in [2.05, 4.69) is 40.5 Å². The monoisotopic (exact) mass is 388 g/mol. The van der Waals surface area contributed by atoms with Gasteiger partial charge in [-0.05, 0) is 70.9 Å². The molecule has 0 saturated heterocycles. The maximum Gasteiger partial charge on any atom is 0.124 e. The number of nitrogens with one attached hydrogen (secondary N) is 1. The van der Waals surface area contributed by atoms with Crippen LogP contribution in [0.1, 0.15) is 29.5 Å². The first-order valence-corrected chi connectivity index (χ1v) is 9.77. The van der Waals surface area contributed by atoms with Crippen LogP contribution in [0.5, 0.6) is 0 Å². The van der Waals surface area contributed by atoms with E-state index in [4.69, 9.17) is 11.6 Å². The lowest BCUT2D eigenvalue weighted by molar-refractivity contribution is 0.627. The number of nitrogens with zero attached hydrogens (tertiary/aromatic N) is 1. The van der Waals surface area contributed by atoms with E-state index >= 15 is 0 Å². The van der Waals surface area contributed by atoms with Crippen molar-refractivity contribution >= 4 is 33.7 Å². The number of H-pyrrole nitrogens is 1. The highest BCUT2D eigenvalue weighted by molar-refractivity contribution is 6.32. The van der Waals surface area contributed by atoms with Gasteiger partial charge in [-0.3, -0.25) is 5.10 Å². The molecule has 1 aromatic heterocycles. The zero-order valence-electron chi connectivity index (χ0n) is 15.1. The van der Waals surface area contributed by atoms with Gasteiger partial charge in [0.25, 0.3) is 0 Å². The molecule has 3 aromatic carbocycles. The Bertz CT molecular complexity index is 1190. The van der Waals surface area contributed by atoms with Gasteiger partial charge in [0.2, 0.25) is 0 Å². The summed E-state index contributed by atoms with van der Waals surface area (Å²) in [7, 11) is 0. The minimum absolute atomic E-state index is 0.315. The van der Waals surface area contributed by atoms with Gasteiger partial charge in [0.15, 0.2) is 0 Å². The molecule has 1 aliphatic carbocycles. The van der Waals surface area contributed by atoms with E-state index < -0.39 is 0 Å². The van der Waals surface area contributed by atoms with Crippen molar-refractivity contribution in [3.05, 3.63) is 100 Å². The molecule has 4 heteroatoms. The predicted molar refractivity (Wildman–Crippen MR) is 113 cm³/mol. The molecule has 0 atom stereocenters. The minimum atomic E-state index is -0.315. The Labute approximate surface area is 167 Å². The van der Waals surface area contributed by atoms with Crippen LogP contribution in [0.3, 0.4) is 0 Å². The van der Waals surface area contributed by atoms with Crippen molar-refractivity contribution < 1.29 is 4.39 Å². The minimum Gasteiger partial charge on any atom is -0.278 e. The summed E-state index contributed by atoms with van der Waals surface area (Å²) in [5, 5.41) is 8.67. The third kappa shape index (κ3) is 3.12. The van der Waals surface area contributed by atoms with Gasteiger partial charge in [-0.15, -0.1) is 0 Å². The molecule has 0 radical (unpaired) electrons. The second-order valence-electron chi connectivity index (χ2n) is 7.23. The normalized spacial score (nSPS) is 14.9. The SMILES string of the molecule is Fc1ccc(/C(=C(\c2ccccc2)c2ccc3[nH]ncc3c2)C2CC2)c(Cl)c1. The fourth-order valence-corrected chi connectivity index (χ4v) is 4.09. The van der Waals surface area contributed by atoms with Gasteiger partial charge in [-0.25, -0.2) is 4.39 Å². The Morgan fingerprint density at radius 1 is 0.964 bits per heavy atom. The lowest BCUT2D eigenvalue weighted by Gasteiger charge is -2.18. The molecule has 138 valence electrons. The van der Waals surface area contributed by atoms with Crippen LogP contribution in [0.25, 0.3) is 22.0 Å². The van der Waals surface area contributed by atoms with Crippen LogP contribution < -0.4 is 0 Å². The number of hydrogen-bond donors (Lipinski definition) is 1. The number of fused-ring (bicyclic) bond motifs is 1. The highest BCUT2D eigenvalue weighted by Crippen LogP contribution is 2.49. The molecule has 0 aliphatic heterocycles. The van der Waals surface area contributed by atoms with Crippen molar-refractivity contribution in [2.45, 2.75) is 12.8 Å². The van der Waals surface area contributed by atoms with Crippen LogP contribution in [-0.4, -0.2) is 10.2 Å². The number of halogens is 2. The molecule has 1 aliphatic rings. The Kier molecular flexibility index (Phi) is 4.25. The van der Waals surface area contributed by atoms with Crippen LogP contribution >= 0.6 is 11.6 Å². The molecule has 0 spiro atoms. The zero-order valence-corrected chi connectivity index (χ0v) is 15.9. The third-order valence-electron chi connectivity index (χ3n) is 5.27. The summed E-state index contributed by atoms with van der Waals surface area (Å²) in [4.78, 5) is 0. The van der Waals surface area contributed by atoms with Gasteiger partial charge in [-0.1, -0.05) is 54.1 Å². The Morgan fingerprint density at radius 2 is 1.79 bits per heavy atom. The number of hydrogen-bond acceptors (Lipinski definition) is 1. The topological polar surface area (TPSA) is 28.7 Å². The quantitative estimate of drug-likeness (QED) is 0.386. The van der Waals surface area contributed by atoms with E-state index in [0.717, 1.165) is 46.0 Å². The van der Waals surface area contributed by atoms with Gasteiger partial charge in [0, 0.05) is 5.39 Å². The molecule has 1 saturated carbocycles. The summed E-state index contributed by atoms with van der Waals surface area (Å²) >= 11 is 6.50. The summed E-state index contributed by atoms with van der Waals surface area (Å²) in [6, 6.07) is 21.4. The average molecular weight is 389 g/mol. The largest absolute Gasteiger partial charge is 0.278 e. The van der Waals surface area contributed by atoms with E-state index in [9.17, 15) is 4.39 Å². The molecule has 0 unspecified atom stereocenters. The third-order valence-corrected chi connectivity index (χ3v) is 5.58. The average Bonchev–Trinajstić information content (AvgIpc) is 3.43. The van der Waals surface area contributed by atoms with E-state index in [1.807, 2.05) is 30.5 Å². The van der Waals surface area contributed by atoms with Crippen molar-refractivity contribution in [1.82, 2.24) is 10.2 Å². The molecule has 1 heterocycles. The summed E-state index contributed by atoms with van der Waals surface area (Å²) in [6.07, 6.45) is 4.07. The maximum absolute atomic E-state index is 13.7. The molecule has 0 bridgehead atoms. The Balaban J connectivity index is 1.82. The van der Waals surface area contributed by atoms with E-state index in [1.54, 1.807) is 0 Å². The second kappa shape index (κ2) is 6.92. The van der Waals surface area contributed by atoms with Crippen LogP contribution in [0.15, 0.2) is 72.9 Å². The molecule has 28 heavy (non-hydrogen) atoms. The van der Waals surface area contributed by atoms with Gasteiger partial charge >= 0.3 is 0 Å². The highest BCUT2D eigenvalue weighted by Gasteiger charge is 2.31. The summed E-state index contributed by atoms with van der Waals surface area (Å²) in [5.41, 5.74) is 6.51. The number of aromatic amines is 1. The van der Waals surface area contributed by atoms with Gasteiger partial charge in [0.1, 0.15) is 5.82 Å². The van der Waals surface area contributed by atoms with Gasteiger partial charge in [-0.2, -0.15) is 5.10 Å². The van der Waals surface area contributed by atoms with Gasteiger partial charge < -0.3 is 0 Å². The zero-order chi connectivity index (χ0) is 19.1. The molecule has 2 nitrogen and oxygen atoms in total. The standard InChI is InChI=1S/C24H18ClFN2/c25-21-13-19(26)9-10-20(21)24(16-6-7-16)23(15-4-2-1-3-5-15)17-8-11-22-18(12-17)14-27-28-22/h1-5,8-14,16H,6-7H2,(H,27,28)/b24-23+. The van der Waals surface area contributed by atoms with Crippen molar-refractivity contribution in [1.29, 1.82) is 0 Å². The van der Waals surface area contributed by atoms with Gasteiger partial charge in [0.05, 0.1) is 16.7 Å². The number of benzene rings is 3. The first-order valence-electron chi connectivity index (χ1n) is 9.39. The number of allylic oxidation sites excluding steroid dienone is 1. The van der Waals surface area contributed by atoms with Crippen LogP contribution in [0.2, 0.25) is 5.02 Å². The van der Waals surface area contributed by atoms with Crippen LogP contribution in [0.4, 0.5) is 4.39 Å². The lowest BCUT2D eigenvalue weighted by atomic mass is 9.86. The van der Waals surface area contributed by atoms with Crippen LogP contribution in [0, 0.1) is 11.7 Å². The first kappa shape index (κ1) is 17.2. The fraction of sp³-hybridized carbons (Fsp3) is 0.125. The summed E-state index contributed by atoms with van der Waals surface area (Å²) in [5.74, 6) is 0.114. The maximum atomic E-state index is 13.7. The van der Waals surface area contributed by atoms with Crippen molar-refractivity contribution in [3.8, 4) is 0 Å². The molecular formula is C24H18ClFN2. The van der Waals surface area contributed by atoms with E-state index in [-0.39, 0.29) is 5.82 Å². The predicted octanol–water partition coefficient (Wildman–Crippen LogP) is 6.72. The molecular weight excluding hydrogens is 371 g/mol. The summed E-state index contributed by atoms with van der Waals surface area (Å²) < 4.78 is 13.7. The number of rotatable bonds is 4. The molecule has 4 aromatic rings. The first-order chi connectivity index (χ1) is 13.7. The number of aromatic nitrogens is 2. The molecule has 1 fully saturated rings. The van der Waals surface area contributed by atoms with E-state index in [1.165, 1.54) is 17.7 Å². The second-order valence-corrected chi connectivity index (χ2v) is 7.63. The highest BCUT2D eigenvalue weighted by atomic mass is 35.5. The lowest BCUT2D eigenvalue weighted by Crippen LogP contribution is -1.98. The smallest absolute Gasteiger partial charge is 0.124 e. The fourth-order valence-electron chi connectivity index (χ4n) is 3.82.